The predicted octanol–water partition coefficient (Wildman–Crippen LogP) is 3.80. The van der Waals surface area contributed by atoms with E-state index in [9.17, 15) is 4.39 Å². The summed E-state index contributed by atoms with van der Waals surface area (Å²) in [6.07, 6.45) is 5.64. The molecule has 0 spiro atoms. The van der Waals surface area contributed by atoms with E-state index in [2.05, 4.69) is 36.6 Å². The van der Waals surface area contributed by atoms with Crippen LogP contribution in [0.2, 0.25) is 0 Å². The van der Waals surface area contributed by atoms with Crippen molar-refractivity contribution in [2.24, 2.45) is 0 Å². The van der Waals surface area contributed by atoms with Gasteiger partial charge in [0, 0.05) is 48.0 Å². The molecule has 4 aromatic heterocycles. The van der Waals surface area contributed by atoms with E-state index in [4.69, 9.17) is 0 Å². The summed E-state index contributed by atoms with van der Waals surface area (Å²) in [5, 5.41) is 7.81. The van der Waals surface area contributed by atoms with Gasteiger partial charge in [-0.15, -0.1) is 0 Å². The lowest BCUT2D eigenvalue weighted by Crippen LogP contribution is -2.22. The van der Waals surface area contributed by atoms with Gasteiger partial charge in [0.25, 0.3) is 0 Å². The minimum Gasteiger partial charge on any atom is -0.358 e. The standard InChI is InChI=1S/C22H18FN7/c23-16-11-26-22(29-21(16)19-12-25-20-3-1-2-8-30(19)20)27-13-4-5-17-14(9-13)15-10-24-7-6-18(15)28-17/h1-5,8-9,11-12,24,28H,6-7,10H2,(H,26,27,29). The van der Waals surface area contributed by atoms with E-state index >= 15 is 0 Å². The Morgan fingerprint density at radius 2 is 2.07 bits per heavy atom. The highest BCUT2D eigenvalue weighted by molar-refractivity contribution is 5.88. The molecule has 1 aliphatic rings. The molecule has 1 aromatic carbocycles. The van der Waals surface area contributed by atoms with Crippen LogP contribution in [-0.4, -0.2) is 30.9 Å². The Morgan fingerprint density at radius 3 is 3.03 bits per heavy atom. The quantitative estimate of drug-likeness (QED) is 0.430. The van der Waals surface area contributed by atoms with E-state index in [-0.39, 0.29) is 5.69 Å². The molecule has 0 bridgehead atoms. The van der Waals surface area contributed by atoms with Crippen LogP contribution in [0.5, 0.6) is 0 Å². The molecule has 0 radical (unpaired) electrons. The first-order valence-electron chi connectivity index (χ1n) is 9.82. The van der Waals surface area contributed by atoms with E-state index in [0.29, 0.717) is 11.6 Å². The van der Waals surface area contributed by atoms with Crippen LogP contribution < -0.4 is 10.6 Å². The minimum atomic E-state index is -0.493. The van der Waals surface area contributed by atoms with E-state index in [1.54, 1.807) is 10.6 Å². The van der Waals surface area contributed by atoms with Gasteiger partial charge in [0.15, 0.2) is 5.82 Å². The number of imidazole rings is 1. The van der Waals surface area contributed by atoms with Crippen LogP contribution in [0, 0.1) is 5.82 Å². The average molecular weight is 399 g/mol. The number of halogens is 1. The van der Waals surface area contributed by atoms with E-state index in [0.717, 1.165) is 36.4 Å². The zero-order chi connectivity index (χ0) is 20.1. The van der Waals surface area contributed by atoms with Crippen LogP contribution in [0.1, 0.15) is 11.3 Å². The van der Waals surface area contributed by atoms with Crippen molar-refractivity contribution in [3.63, 3.8) is 0 Å². The van der Waals surface area contributed by atoms with Crippen LogP contribution >= 0.6 is 0 Å². The van der Waals surface area contributed by atoms with Crippen LogP contribution in [0.25, 0.3) is 27.9 Å². The topological polar surface area (TPSA) is 82.9 Å². The summed E-state index contributed by atoms with van der Waals surface area (Å²) < 4.78 is 16.4. The first kappa shape index (κ1) is 17.1. The maximum absolute atomic E-state index is 14.5. The molecule has 0 aliphatic carbocycles. The molecule has 5 heterocycles. The van der Waals surface area contributed by atoms with Gasteiger partial charge in [-0.3, -0.25) is 4.40 Å². The monoisotopic (exact) mass is 399 g/mol. The summed E-state index contributed by atoms with van der Waals surface area (Å²) in [7, 11) is 0. The number of benzene rings is 1. The van der Waals surface area contributed by atoms with Gasteiger partial charge in [-0.25, -0.2) is 19.3 Å². The average Bonchev–Trinajstić information content (AvgIpc) is 3.36. The van der Waals surface area contributed by atoms with Crippen LogP contribution in [0.3, 0.4) is 0 Å². The van der Waals surface area contributed by atoms with Crippen LogP contribution in [0.4, 0.5) is 16.0 Å². The van der Waals surface area contributed by atoms with Gasteiger partial charge in [0.2, 0.25) is 5.95 Å². The van der Waals surface area contributed by atoms with Gasteiger partial charge in [-0.05, 0) is 35.9 Å². The molecule has 0 fully saturated rings. The zero-order valence-corrected chi connectivity index (χ0v) is 16.0. The molecular formula is C22H18FN7. The second kappa shape index (κ2) is 6.64. The van der Waals surface area contributed by atoms with Crippen molar-refractivity contribution >= 4 is 28.2 Å². The van der Waals surface area contributed by atoms with E-state index < -0.39 is 5.82 Å². The largest absolute Gasteiger partial charge is 0.358 e. The number of hydrogen-bond acceptors (Lipinski definition) is 5. The van der Waals surface area contributed by atoms with Crippen molar-refractivity contribution in [3.8, 4) is 11.4 Å². The minimum absolute atomic E-state index is 0.204. The molecule has 0 saturated carbocycles. The smallest absolute Gasteiger partial charge is 0.227 e. The number of aromatic nitrogens is 5. The van der Waals surface area contributed by atoms with Gasteiger partial charge in [-0.2, -0.15) is 0 Å². The number of nitrogens with zero attached hydrogens (tertiary/aromatic N) is 4. The fourth-order valence-electron chi connectivity index (χ4n) is 4.07. The summed E-state index contributed by atoms with van der Waals surface area (Å²) >= 11 is 0. The van der Waals surface area contributed by atoms with Gasteiger partial charge < -0.3 is 15.6 Å². The Balaban J connectivity index is 1.38. The molecule has 1 aliphatic heterocycles. The van der Waals surface area contributed by atoms with Gasteiger partial charge >= 0.3 is 0 Å². The second-order valence-electron chi connectivity index (χ2n) is 7.36. The third kappa shape index (κ3) is 2.73. The summed E-state index contributed by atoms with van der Waals surface area (Å²) in [5.74, 6) is -0.161. The maximum atomic E-state index is 14.5. The number of aromatic amines is 1. The molecule has 6 rings (SSSR count). The van der Waals surface area contributed by atoms with E-state index in [1.807, 2.05) is 36.5 Å². The lowest BCUT2D eigenvalue weighted by atomic mass is 10.1. The molecule has 0 unspecified atom stereocenters. The van der Waals surface area contributed by atoms with Crippen molar-refractivity contribution in [2.45, 2.75) is 13.0 Å². The molecule has 7 nitrogen and oxygen atoms in total. The SMILES string of the molecule is Fc1cnc(Nc2ccc3[nH]c4c(c3c2)CNCC4)nc1-c1cnc2ccccn12. The molecule has 5 aromatic rings. The van der Waals surface area contributed by atoms with Gasteiger partial charge in [0.05, 0.1) is 18.1 Å². The first-order chi connectivity index (χ1) is 14.8. The molecule has 148 valence electrons. The Bertz CT molecular complexity index is 1400. The third-order valence-electron chi connectivity index (χ3n) is 5.51. The fourth-order valence-corrected chi connectivity index (χ4v) is 4.07. The molecular weight excluding hydrogens is 381 g/mol. The maximum Gasteiger partial charge on any atom is 0.227 e. The number of anilines is 2. The number of H-pyrrole nitrogens is 1. The summed E-state index contributed by atoms with van der Waals surface area (Å²) in [5.41, 5.74) is 6.06. The predicted molar refractivity (Wildman–Crippen MR) is 113 cm³/mol. The molecule has 0 atom stereocenters. The van der Waals surface area contributed by atoms with Crippen LogP contribution in [-0.2, 0) is 13.0 Å². The highest BCUT2D eigenvalue weighted by atomic mass is 19.1. The lowest BCUT2D eigenvalue weighted by Gasteiger charge is -2.12. The zero-order valence-electron chi connectivity index (χ0n) is 16.0. The Labute approximate surface area is 171 Å². The van der Waals surface area contributed by atoms with Crippen molar-refractivity contribution in [2.75, 3.05) is 11.9 Å². The third-order valence-corrected chi connectivity index (χ3v) is 5.51. The Kier molecular flexibility index (Phi) is 3.78. The fraction of sp³-hybridized carbons (Fsp3) is 0.136. The van der Waals surface area contributed by atoms with Crippen molar-refractivity contribution < 1.29 is 4.39 Å². The molecule has 0 saturated heterocycles. The van der Waals surface area contributed by atoms with Crippen molar-refractivity contribution in [1.29, 1.82) is 0 Å². The second-order valence-corrected chi connectivity index (χ2v) is 7.36. The highest BCUT2D eigenvalue weighted by Crippen LogP contribution is 2.29. The molecule has 8 heteroatoms. The van der Waals surface area contributed by atoms with Gasteiger partial charge in [0.1, 0.15) is 11.3 Å². The molecule has 3 N–H and O–H groups in total. The Hall–Kier alpha value is -3.78. The number of hydrogen-bond donors (Lipinski definition) is 3. The Morgan fingerprint density at radius 1 is 1.10 bits per heavy atom. The number of fused-ring (bicyclic) bond motifs is 4. The lowest BCUT2D eigenvalue weighted by molar-refractivity contribution is 0.618. The van der Waals surface area contributed by atoms with Crippen LogP contribution in [0.15, 0.2) is 55.0 Å². The van der Waals surface area contributed by atoms with E-state index in [1.165, 1.54) is 22.8 Å². The highest BCUT2D eigenvalue weighted by Gasteiger charge is 2.17. The molecule has 0 amide bonds. The number of nitrogens with one attached hydrogen (secondary N) is 3. The van der Waals surface area contributed by atoms with Gasteiger partial charge in [-0.1, -0.05) is 6.07 Å². The number of rotatable bonds is 3. The first-order valence-corrected chi connectivity index (χ1v) is 9.82. The summed E-state index contributed by atoms with van der Waals surface area (Å²) in [6, 6.07) is 11.7. The summed E-state index contributed by atoms with van der Waals surface area (Å²) in [6.45, 7) is 1.84. The summed E-state index contributed by atoms with van der Waals surface area (Å²) in [4.78, 5) is 16.4. The van der Waals surface area contributed by atoms with Crippen molar-refractivity contribution in [3.05, 3.63) is 72.1 Å². The number of pyridine rings is 1. The van der Waals surface area contributed by atoms with Crippen molar-refractivity contribution in [1.82, 2.24) is 29.7 Å². The normalized spacial score (nSPS) is 13.6. The molecule has 30 heavy (non-hydrogen) atoms.